The number of nitrogens with one attached hydrogen (secondary N) is 2. The van der Waals surface area contributed by atoms with Gasteiger partial charge in [0.15, 0.2) is 0 Å². The number of halogens is 2. The summed E-state index contributed by atoms with van der Waals surface area (Å²) in [5, 5.41) is 8.76. The lowest BCUT2D eigenvalue weighted by molar-refractivity contribution is -0.119. The van der Waals surface area contributed by atoms with Gasteiger partial charge in [0.1, 0.15) is 5.82 Å². The Bertz CT molecular complexity index is 1220. The second-order valence-corrected chi connectivity index (χ2v) is 7.45. The van der Waals surface area contributed by atoms with Crippen LogP contribution < -0.4 is 10.7 Å². The smallest absolute Gasteiger partial charge is 0.259 e. The summed E-state index contributed by atoms with van der Waals surface area (Å²) in [6.07, 6.45) is 3.64. The van der Waals surface area contributed by atoms with Gasteiger partial charge in [0.25, 0.3) is 5.91 Å². The second kappa shape index (κ2) is 9.45. The molecule has 0 aliphatic heterocycles. The molecule has 1 aromatic heterocycles. The van der Waals surface area contributed by atoms with Crippen molar-refractivity contribution in [1.82, 2.24) is 9.99 Å². The summed E-state index contributed by atoms with van der Waals surface area (Å²) in [4.78, 5) is 12.0. The Morgan fingerprint density at radius 3 is 2.55 bits per heavy atom. The first-order chi connectivity index (χ1) is 15.1. The minimum atomic E-state index is -0.324. The topological polar surface area (TPSA) is 58.4 Å². The van der Waals surface area contributed by atoms with Crippen molar-refractivity contribution in [3.8, 4) is 0 Å². The number of para-hydroxylation sites is 1. The molecule has 0 radical (unpaired) electrons. The fraction of sp³-hybridized carbons (Fsp3) is 0.0833. The Hall–Kier alpha value is -3.64. The summed E-state index contributed by atoms with van der Waals surface area (Å²) in [6, 6.07) is 21.6. The molecular weight excluding hydrogens is 415 g/mol. The first-order valence-corrected chi connectivity index (χ1v) is 10.1. The molecule has 2 N–H and O–H groups in total. The molecule has 1 heterocycles. The molecule has 7 heteroatoms. The van der Waals surface area contributed by atoms with Crippen molar-refractivity contribution >= 4 is 40.3 Å². The number of hydrazone groups is 1. The molecule has 0 unspecified atom stereocenters. The molecule has 156 valence electrons. The number of aromatic nitrogens is 1. The standard InChI is InChI=1S/C24H20ClFN4O/c25-19-7-5-17(6-8-19)15-30-16-18(22-3-1-2-4-23(22)30)13-28-29-24(31)14-27-21-11-9-20(26)10-12-21/h1-13,16,27H,14-15H2,(H,29,31)/b28-13-. The number of anilines is 1. The first kappa shape index (κ1) is 20.6. The van der Waals surface area contributed by atoms with Crippen LogP contribution in [-0.4, -0.2) is 23.2 Å². The third-order valence-corrected chi connectivity index (χ3v) is 5.03. The number of rotatable bonds is 7. The number of amides is 1. The molecule has 0 aliphatic carbocycles. The number of hydrogen-bond acceptors (Lipinski definition) is 3. The molecule has 1 amide bonds. The predicted octanol–water partition coefficient (Wildman–Crippen LogP) is 5.04. The van der Waals surface area contributed by atoms with Crippen LogP contribution in [0.15, 0.2) is 84.1 Å². The minimum Gasteiger partial charge on any atom is -0.376 e. The zero-order valence-corrected chi connectivity index (χ0v) is 17.3. The summed E-state index contributed by atoms with van der Waals surface area (Å²) in [7, 11) is 0. The Morgan fingerprint density at radius 2 is 1.77 bits per heavy atom. The van der Waals surface area contributed by atoms with Gasteiger partial charge in [-0.2, -0.15) is 5.10 Å². The number of benzene rings is 3. The fourth-order valence-electron chi connectivity index (χ4n) is 3.26. The van der Waals surface area contributed by atoms with Crippen molar-refractivity contribution in [3.05, 3.63) is 101 Å². The van der Waals surface area contributed by atoms with Crippen LogP contribution >= 0.6 is 11.6 Å². The molecule has 4 rings (SSSR count). The fourth-order valence-corrected chi connectivity index (χ4v) is 3.38. The van der Waals surface area contributed by atoms with E-state index in [-0.39, 0.29) is 18.3 Å². The molecule has 5 nitrogen and oxygen atoms in total. The van der Waals surface area contributed by atoms with Crippen LogP contribution in [0, 0.1) is 5.82 Å². The normalized spacial score (nSPS) is 11.2. The van der Waals surface area contributed by atoms with Gasteiger partial charge in [-0.05, 0) is 48.0 Å². The van der Waals surface area contributed by atoms with Crippen LogP contribution in [0.1, 0.15) is 11.1 Å². The van der Waals surface area contributed by atoms with Gasteiger partial charge in [-0.3, -0.25) is 4.79 Å². The van der Waals surface area contributed by atoms with Crippen LogP contribution in [0.3, 0.4) is 0 Å². The lowest BCUT2D eigenvalue weighted by atomic mass is 10.2. The third kappa shape index (κ3) is 5.29. The highest BCUT2D eigenvalue weighted by Gasteiger charge is 2.07. The van der Waals surface area contributed by atoms with Crippen molar-refractivity contribution in [2.75, 3.05) is 11.9 Å². The molecule has 0 fully saturated rings. The molecule has 4 aromatic rings. The van der Waals surface area contributed by atoms with Crippen molar-refractivity contribution in [1.29, 1.82) is 0 Å². The van der Waals surface area contributed by atoms with E-state index in [1.807, 2.05) is 54.7 Å². The van der Waals surface area contributed by atoms with Crippen LogP contribution in [0.4, 0.5) is 10.1 Å². The van der Waals surface area contributed by atoms with E-state index in [1.165, 1.54) is 12.1 Å². The summed E-state index contributed by atoms with van der Waals surface area (Å²) < 4.78 is 15.1. The lowest BCUT2D eigenvalue weighted by Crippen LogP contribution is -2.25. The molecule has 0 atom stereocenters. The molecule has 0 saturated heterocycles. The quantitative estimate of drug-likeness (QED) is 0.316. The lowest BCUT2D eigenvalue weighted by Gasteiger charge is -2.05. The number of fused-ring (bicyclic) bond motifs is 1. The maximum atomic E-state index is 12.9. The Morgan fingerprint density at radius 1 is 1.03 bits per heavy atom. The highest BCUT2D eigenvalue weighted by molar-refractivity contribution is 6.30. The van der Waals surface area contributed by atoms with E-state index in [0.29, 0.717) is 17.3 Å². The predicted molar refractivity (Wildman–Crippen MR) is 123 cm³/mol. The van der Waals surface area contributed by atoms with Gasteiger partial charge < -0.3 is 9.88 Å². The Balaban J connectivity index is 1.42. The van der Waals surface area contributed by atoms with E-state index >= 15 is 0 Å². The van der Waals surface area contributed by atoms with Crippen molar-refractivity contribution in [2.24, 2.45) is 5.10 Å². The molecular formula is C24H20ClFN4O. The van der Waals surface area contributed by atoms with Crippen LogP contribution in [0.25, 0.3) is 10.9 Å². The van der Waals surface area contributed by atoms with E-state index in [4.69, 9.17) is 11.6 Å². The summed E-state index contributed by atoms with van der Waals surface area (Å²) in [6.45, 7) is 0.723. The molecule has 31 heavy (non-hydrogen) atoms. The van der Waals surface area contributed by atoms with Crippen LogP contribution in [-0.2, 0) is 11.3 Å². The zero-order valence-electron chi connectivity index (χ0n) is 16.6. The zero-order chi connectivity index (χ0) is 21.6. The molecule has 0 aliphatic rings. The van der Waals surface area contributed by atoms with E-state index in [1.54, 1.807) is 18.3 Å². The number of carbonyl (C=O) groups is 1. The SMILES string of the molecule is O=C(CNc1ccc(F)cc1)N/N=C\c1cn(Cc2ccc(Cl)cc2)c2ccccc12. The number of carbonyl (C=O) groups excluding carboxylic acids is 1. The highest BCUT2D eigenvalue weighted by Crippen LogP contribution is 2.21. The van der Waals surface area contributed by atoms with E-state index < -0.39 is 0 Å². The summed E-state index contributed by atoms with van der Waals surface area (Å²) in [5.74, 6) is -0.625. The number of nitrogens with zero attached hydrogens (tertiary/aromatic N) is 2. The largest absolute Gasteiger partial charge is 0.376 e. The Kier molecular flexibility index (Phi) is 6.29. The van der Waals surface area contributed by atoms with Gasteiger partial charge in [0.05, 0.1) is 12.8 Å². The third-order valence-electron chi connectivity index (χ3n) is 4.78. The van der Waals surface area contributed by atoms with Gasteiger partial charge in [0.2, 0.25) is 0 Å². The van der Waals surface area contributed by atoms with Crippen LogP contribution in [0.5, 0.6) is 0 Å². The van der Waals surface area contributed by atoms with E-state index in [9.17, 15) is 9.18 Å². The van der Waals surface area contributed by atoms with Gasteiger partial charge in [-0.25, -0.2) is 9.82 Å². The minimum absolute atomic E-state index is 0.0291. The van der Waals surface area contributed by atoms with E-state index in [2.05, 4.69) is 20.4 Å². The second-order valence-electron chi connectivity index (χ2n) is 7.01. The monoisotopic (exact) mass is 434 g/mol. The first-order valence-electron chi connectivity index (χ1n) is 9.72. The maximum absolute atomic E-state index is 12.9. The Labute approximate surface area is 184 Å². The van der Waals surface area contributed by atoms with Gasteiger partial charge >= 0.3 is 0 Å². The highest BCUT2D eigenvalue weighted by atomic mass is 35.5. The maximum Gasteiger partial charge on any atom is 0.259 e. The number of hydrogen-bond donors (Lipinski definition) is 2. The average Bonchev–Trinajstić information content (AvgIpc) is 3.12. The van der Waals surface area contributed by atoms with Crippen LogP contribution in [0.2, 0.25) is 5.02 Å². The molecule has 0 bridgehead atoms. The summed E-state index contributed by atoms with van der Waals surface area (Å²) >= 11 is 5.98. The molecule has 0 saturated carbocycles. The molecule has 0 spiro atoms. The molecule has 3 aromatic carbocycles. The van der Waals surface area contributed by atoms with Crippen molar-refractivity contribution in [3.63, 3.8) is 0 Å². The van der Waals surface area contributed by atoms with Crippen molar-refractivity contribution in [2.45, 2.75) is 6.54 Å². The van der Waals surface area contributed by atoms with E-state index in [0.717, 1.165) is 22.0 Å². The van der Waals surface area contributed by atoms with Crippen molar-refractivity contribution < 1.29 is 9.18 Å². The van der Waals surface area contributed by atoms with Gasteiger partial charge in [0, 0.05) is 39.9 Å². The van der Waals surface area contributed by atoms with Gasteiger partial charge in [-0.15, -0.1) is 0 Å². The van der Waals surface area contributed by atoms with Gasteiger partial charge in [-0.1, -0.05) is 41.9 Å². The average molecular weight is 435 g/mol. The summed E-state index contributed by atoms with van der Waals surface area (Å²) in [5.41, 5.74) is 6.28.